The lowest BCUT2D eigenvalue weighted by Gasteiger charge is -2.29. The molecular weight excluding hydrogens is 256 g/mol. The van der Waals surface area contributed by atoms with Crippen molar-refractivity contribution >= 4 is 11.6 Å². The third-order valence-electron chi connectivity index (χ3n) is 3.28. The van der Waals surface area contributed by atoms with Gasteiger partial charge in [-0.05, 0) is 31.5 Å². The van der Waals surface area contributed by atoms with E-state index in [0.717, 1.165) is 11.4 Å². The van der Waals surface area contributed by atoms with Crippen LogP contribution in [0.5, 0.6) is 0 Å². The van der Waals surface area contributed by atoms with E-state index in [-0.39, 0.29) is 5.54 Å². The topological polar surface area (TPSA) is 24.9 Å². The van der Waals surface area contributed by atoms with Crippen molar-refractivity contribution in [1.29, 1.82) is 0 Å². The molecule has 1 aromatic carbocycles. The van der Waals surface area contributed by atoms with E-state index >= 15 is 0 Å². The molecule has 2 rings (SSSR count). The molecule has 19 heavy (non-hydrogen) atoms. The predicted molar refractivity (Wildman–Crippen MR) is 80.3 cm³/mol. The van der Waals surface area contributed by atoms with Crippen molar-refractivity contribution in [1.82, 2.24) is 10.3 Å². The first-order chi connectivity index (χ1) is 9.14. The standard InChI is InChI=1S/C16H19ClN2/c1-13-7-6-10-15(19-13)11-18-16(2,12-17)14-8-4-3-5-9-14/h3-10,18H,11-12H2,1-2H3. The Labute approximate surface area is 119 Å². The summed E-state index contributed by atoms with van der Waals surface area (Å²) in [7, 11) is 0. The van der Waals surface area contributed by atoms with E-state index in [1.807, 2.05) is 43.3 Å². The fourth-order valence-electron chi connectivity index (χ4n) is 2.02. The number of aryl methyl sites for hydroxylation is 1. The zero-order valence-electron chi connectivity index (χ0n) is 11.4. The van der Waals surface area contributed by atoms with Crippen LogP contribution in [0.4, 0.5) is 0 Å². The summed E-state index contributed by atoms with van der Waals surface area (Å²) in [6.45, 7) is 4.83. The monoisotopic (exact) mass is 274 g/mol. The number of nitrogens with one attached hydrogen (secondary N) is 1. The quantitative estimate of drug-likeness (QED) is 0.842. The summed E-state index contributed by atoms with van der Waals surface area (Å²) in [6.07, 6.45) is 0. The molecule has 100 valence electrons. The molecule has 2 aromatic rings. The second kappa shape index (κ2) is 6.18. The molecule has 1 atom stereocenters. The Hall–Kier alpha value is -1.38. The first-order valence-corrected chi connectivity index (χ1v) is 6.96. The fraction of sp³-hybridized carbons (Fsp3) is 0.312. The Balaban J connectivity index is 2.11. The van der Waals surface area contributed by atoms with Gasteiger partial charge in [-0.15, -0.1) is 11.6 Å². The highest BCUT2D eigenvalue weighted by Gasteiger charge is 2.24. The minimum absolute atomic E-state index is 0.242. The zero-order valence-corrected chi connectivity index (χ0v) is 12.1. The lowest BCUT2D eigenvalue weighted by molar-refractivity contribution is 0.404. The van der Waals surface area contributed by atoms with E-state index in [0.29, 0.717) is 12.4 Å². The van der Waals surface area contributed by atoms with Gasteiger partial charge in [0.15, 0.2) is 0 Å². The van der Waals surface area contributed by atoms with Crippen molar-refractivity contribution < 1.29 is 0 Å². The summed E-state index contributed by atoms with van der Waals surface area (Å²) in [5.74, 6) is 0.517. The molecule has 0 aliphatic rings. The maximum atomic E-state index is 6.16. The minimum Gasteiger partial charge on any atom is -0.301 e. The molecule has 0 bridgehead atoms. The van der Waals surface area contributed by atoms with Crippen molar-refractivity contribution in [2.45, 2.75) is 25.9 Å². The van der Waals surface area contributed by atoms with Crippen molar-refractivity contribution in [3.8, 4) is 0 Å². The van der Waals surface area contributed by atoms with Gasteiger partial charge in [0, 0.05) is 18.1 Å². The van der Waals surface area contributed by atoms with Gasteiger partial charge in [0.25, 0.3) is 0 Å². The number of alkyl halides is 1. The highest BCUT2D eigenvalue weighted by atomic mass is 35.5. The summed E-state index contributed by atoms with van der Waals surface area (Å²) >= 11 is 6.16. The summed E-state index contributed by atoms with van der Waals surface area (Å²) in [5, 5.41) is 3.51. The van der Waals surface area contributed by atoms with E-state index < -0.39 is 0 Å². The van der Waals surface area contributed by atoms with Crippen LogP contribution in [0.25, 0.3) is 0 Å². The molecule has 1 heterocycles. The molecule has 0 saturated carbocycles. The number of benzene rings is 1. The van der Waals surface area contributed by atoms with Crippen molar-refractivity contribution in [3.05, 3.63) is 65.5 Å². The molecule has 1 N–H and O–H groups in total. The van der Waals surface area contributed by atoms with Crippen LogP contribution in [0.3, 0.4) is 0 Å². The second-order valence-corrected chi connectivity index (χ2v) is 5.22. The molecule has 1 unspecified atom stereocenters. The normalized spacial score (nSPS) is 14.1. The van der Waals surface area contributed by atoms with Crippen LogP contribution in [0.2, 0.25) is 0 Å². The van der Waals surface area contributed by atoms with E-state index in [4.69, 9.17) is 11.6 Å². The van der Waals surface area contributed by atoms with Gasteiger partial charge in [0.1, 0.15) is 0 Å². The van der Waals surface area contributed by atoms with E-state index in [2.05, 4.69) is 29.4 Å². The number of pyridine rings is 1. The SMILES string of the molecule is Cc1cccc(CNC(C)(CCl)c2ccccc2)n1. The first-order valence-electron chi connectivity index (χ1n) is 6.43. The molecular formula is C16H19ClN2. The van der Waals surface area contributed by atoms with Crippen LogP contribution < -0.4 is 5.32 Å². The van der Waals surface area contributed by atoms with Crippen molar-refractivity contribution in [2.75, 3.05) is 5.88 Å². The highest BCUT2D eigenvalue weighted by Crippen LogP contribution is 2.22. The minimum atomic E-state index is -0.242. The van der Waals surface area contributed by atoms with Crippen LogP contribution in [0, 0.1) is 6.92 Å². The third kappa shape index (κ3) is 3.55. The van der Waals surface area contributed by atoms with Gasteiger partial charge in [-0.25, -0.2) is 0 Å². The lowest BCUT2D eigenvalue weighted by Crippen LogP contribution is -2.41. The number of hydrogen-bond acceptors (Lipinski definition) is 2. The maximum absolute atomic E-state index is 6.16. The molecule has 0 fully saturated rings. The molecule has 2 nitrogen and oxygen atoms in total. The number of rotatable bonds is 5. The molecule has 0 spiro atoms. The average Bonchev–Trinajstić information content (AvgIpc) is 2.46. The summed E-state index contributed by atoms with van der Waals surface area (Å²) in [5.41, 5.74) is 3.02. The Morgan fingerprint density at radius 1 is 1.11 bits per heavy atom. The van der Waals surface area contributed by atoms with Crippen LogP contribution in [0.1, 0.15) is 23.9 Å². The second-order valence-electron chi connectivity index (χ2n) is 4.96. The Morgan fingerprint density at radius 3 is 2.47 bits per heavy atom. The van der Waals surface area contributed by atoms with Crippen LogP contribution in [0.15, 0.2) is 48.5 Å². The van der Waals surface area contributed by atoms with Crippen molar-refractivity contribution in [2.24, 2.45) is 0 Å². The van der Waals surface area contributed by atoms with E-state index in [9.17, 15) is 0 Å². The van der Waals surface area contributed by atoms with E-state index in [1.54, 1.807) is 0 Å². The number of halogens is 1. The van der Waals surface area contributed by atoms with Crippen LogP contribution in [-0.4, -0.2) is 10.9 Å². The van der Waals surface area contributed by atoms with Gasteiger partial charge in [-0.2, -0.15) is 0 Å². The van der Waals surface area contributed by atoms with Gasteiger partial charge in [0.2, 0.25) is 0 Å². The van der Waals surface area contributed by atoms with Gasteiger partial charge < -0.3 is 5.32 Å². The summed E-state index contributed by atoms with van der Waals surface area (Å²) < 4.78 is 0. The predicted octanol–water partition coefficient (Wildman–Crippen LogP) is 3.63. The Kier molecular flexibility index (Phi) is 4.56. The summed E-state index contributed by atoms with van der Waals surface area (Å²) in [4.78, 5) is 4.50. The van der Waals surface area contributed by atoms with Crippen LogP contribution >= 0.6 is 11.6 Å². The molecule has 0 radical (unpaired) electrons. The average molecular weight is 275 g/mol. The fourth-order valence-corrected chi connectivity index (χ4v) is 2.26. The maximum Gasteiger partial charge on any atom is 0.0546 e. The first kappa shape index (κ1) is 14.0. The number of aromatic nitrogens is 1. The molecule has 0 aliphatic carbocycles. The number of hydrogen-bond donors (Lipinski definition) is 1. The smallest absolute Gasteiger partial charge is 0.0546 e. The van der Waals surface area contributed by atoms with Gasteiger partial charge in [-0.1, -0.05) is 36.4 Å². The van der Waals surface area contributed by atoms with Gasteiger partial charge >= 0.3 is 0 Å². The lowest BCUT2D eigenvalue weighted by atomic mass is 9.94. The Bertz CT molecular complexity index is 527. The summed E-state index contributed by atoms with van der Waals surface area (Å²) in [6, 6.07) is 16.3. The zero-order chi connectivity index (χ0) is 13.7. The highest BCUT2D eigenvalue weighted by molar-refractivity contribution is 6.18. The molecule has 0 amide bonds. The molecule has 0 saturated heterocycles. The van der Waals surface area contributed by atoms with Gasteiger partial charge in [0.05, 0.1) is 11.2 Å². The van der Waals surface area contributed by atoms with Gasteiger partial charge in [-0.3, -0.25) is 4.98 Å². The van der Waals surface area contributed by atoms with Crippen LogP contribution in [-0.2, 0) is 12.1 Å². The van der Waals surface area contributed by atoms with Crippen molar-refractivity contribution in [3.63, 3.8) is 0 Å². The third-order valence-corrected chi connectivity index (χ3v) is 3.82. The molecule has 1 aromatic heterocycles. The molecule has 3 heteroatoms. The van der Waals surface area contributed by atoms with E-state index in [1.165, 1.54) is 5.56 Å². The number of nitrogens with zero attached hydrogens (tertiary/aromatic N) is 1. The molecule has 0 aliphatic heterocycles. The Morgan fingerprint density at radius 2 is 1.84 bits per heavy atom. The largest absolute Gasteiger partial charge is 0.301 e.